The Hall–Kier alpha value is -1.70. The molecule has 1 aliphatic carbocycles. The summed E-state index contributed by atoms with van der Waals surface area (Å²) in [6, 6.07) is 1.75. The van der Waals surface area contributed by atoms with Gasteiger partial charge in [0.25, 0.3) is 0 Å². The Kier molecular flexibility index (Phi) is 5.65. The lowest BCUT2D eigenvalue weighted by Gasteiger charge is -2.38. The van der Waals surface area contributed by atoms with Crippen molar-refractivity contribution in [2.75, 3.05) is 40.0 Å². The fourth-order valence-electron chi connectivity index (χ4n) is 3.27. The molecule has 1 amide bonds. The fraction of sp³-hybridized carbons (Fsp3) is 0.647. The van der Waals surface area contributed by atoms with Crippen LogP contribution in [0.4, 0.5) is 0 Å². The molecule has 132 valence electrons. The fourth-order valence-corrected chi connectivity index (χ4v) is 3.27. The smallest absolute Gasteiger partial charge is 0.234 e. The minimum Gasteiger partial charge on any atom is -0.495 e. The molecule has 1 unspecified atom stereocenters. The van der Waals surface area contributed by atoms with Crippen molar-refractivity contribution in [2.24, 2.45) is 5.92 Å². The number of hydrogen-bond acceptors (Lipinski definition) is 6. The number of aliphatic hydroxyl groups excluding tert-OH is 1. The number of hydrogen-bond donors (Lipinski definition) is 2. The van der Waals surface area contributed by atoms with Crippen LogP contribution in [0.1, 0.15) is 24.4 Å². The molecular weight excluding hydrogens is 310 g/mol. The number of aromatic nitrogens is 1. The van der Waals surface area contributed by atoms with Crippen LogP contribution in [-0.2, 0) is 9.53 Å². The molecule has 0 radical (unpaired) electrons. The molecule has 2 aliphatic rings. The Morgan fingerprint density at radius 1 is 1.46 bits per heavy atom. The normalized spacial score (nSPS) is 25.6. The average Bonchev–Trinajstić information content (AvgIpc) is 2.58. The summed E-state index contributed by atoms with van der Waals surface area (Å²) in [5.41, 5.74) is 0.918. The minimum atomic E-state index is -0.271. The predicted molar refractivity (Wildman–Crippen MR) is 87.7 cm³/mol. The summed E-state index contributed by atoms with van der Waals surface area (Å²) in [6.07, 6.45) is 4.52. The van der Waals surface area contributed by atoms with E-state index in [0.717, 1.165) is 18.7 Å². The van der Waals surface area contributed by atoms with Gasteiger partial charge >= 0.3 is 0 Å². The lowest BCUT2D eigenvalue weighted by molar-refractivity contribution is -0.125. The van der Waals surface area contributed by atoms with E-state index in [1.807, 2.05) is 6.07 Å². The highest BCUT2D eigenvalue weighted by Crippen LogP contribution is 2.38. The van der Waals surface area contributed by atoms with E-state index < -0.39 is 0 Å². The van der Waals surface area contributed by atoms with Gasteiger partial charge in [0.05, 0.1) is 45.2 Å². The van der Waals surface area contributed by atoms with E-state index in [4.69, 9.17) is 9.47 Å². The summed E-state index contributed by atoms with van der Waals surface area (Å²) in [7, 11) is 1.60. The number of rotatable bonds is 6. The zero-order chi connectivity index (χ0) is 16.9. The van der Waals surface area contributed by atoms with Gasteiger partial charge in [-0.25, -0.2) is 0 Å². The van der Waals surface area contributed by atoms with Crippen LogP contribution in [0.3, 0.4) is 0 Å². The number of carbonyl (C=O) groups excluding carboxylic acids is 1. The first-order chi connectivity index (χ1) is 11.7. The standard InChI is InChI=1S/C17H25N3O4/c1-23-15-8-13(9-18-10-15)17(12-6-14(21)7-12)19-16(22)11-20-2-4-24-5-3-20/h8-10,12,14,17,21H,2-7,11H2,1H3,(H,19,22). The van der Waals surface area contributed by atoms with Crippen molar-refractivity contribution in [3.63, 3.8) is 0 Å². The molecule has 0 bridgehead atoms. The minimum absolute atomic E-state index is 0.00823. The van der Waals surface area contributed by atoms with Crippen molar-refractivity contribution in [3.05, 3.63) is 24.0 Å². The Morgan fingerprint density at radius 3 is 2.88 bits per heavy atom. The Morgan fingerprint density at radius 2 is 2.21 bits per heavy atom. The molecule has 7 heteroatoms. The molecule has 7 nitrogen and oxygen atoms in total. The van der Waals surface area contributed by atoms with Crippen LogP contribution in [-0.4, -0.2) is 67.0 Å². The second-order valence-electron chi connectivity index (χ2n) is 6.48. The summed E-state index contributed by atoms with van der Waals surface area (Å²) >= 11 is 0. The predicted octanol–water partition coefficient (Wildman–Crippen LogP) is 0.351. The van der Waals surface area contributed by atoms with Gasteiger partial charge in [-0.2, -0.15) is 0 Å². The summed E-state index contributed by atoms with van der Waals surface area (Å²) in [4.78, 5) is 18.8. The summed E-state index contributed by atoms with van der Waals surface area (Å²) < 4.78 is 10.5. The summed E-state index contributed by atoms with van der Waals surface area (Å²) in [6.45, 7) is 3.27. The van der Waals surface area contributed by atoms with Crippen molar-refractivity contribution in [3.8, 4) is 5.75 Å². The van der Waals surface area contributed by atoms with E-state index >= 15 is 0 Å². The molecule has 2 fully saturated rings. The quantitative estimate of drug-likeness (QED) is 0.780. The van der Waals surface area contributed by atoms with E-state index in [1.165, 1.54) is 0 Å². The molecule has 0 spiro atoms. The molecular formula is C17H25N3O4. The van der Waals surface area contributed by atoms with Crippen LogP contribution in [0, 0.1) is 5.92 Å². The van der Waals surface area contributed by atoms with E-state index in [1.54, 1.807) is 19.5 Å². The first kappa shape index (κ1) is 17.1. The molecule has 24 heavy (non-hydrogen) atoms. The van der Waals surface area contributed by atoms with Crippen LogP contribution in [0.5, 0.6) is 5.75 Å². The van der Waals surface area contributed by atoms with Crippen LogP contribution >= 0.6 is 0 Å². The van der Waals surface area contributed by atoms with Crippen LogP contribution in [0.2, 0.25) is 0 Å². The number of ether oxygens (including phenoxy) is 2. The van der Waals surface area contributed by atoms with Gasteiger partial charge in [-0.05, 0) is 30.4 Å². The topological polar surface area (TPSA) is 83.9 Å². The SMILES string of the molecule is COc1cncc(C(NC(=O)CN2CCOCC2)C2CC(O)C2)c1. The first-order valence-electron chi connectivity index (χ1n) is 8.42. The summed E-state index contributed by atoms with van der Waals surface area (Å²) in [5.74, 6) is 0.883. The van der Waals surface area contributed by atoms with Gasteiger partial charge in [-0.3, -0.25) is 14.7 Å². The summed E-state index contributed by atoms with van der Waals surface area (Å²) in [5, 5.41) is 12.8. The zero-order valence-corrected chi connectivity index (χ0v) is 14.0. The number of amides is 1. The highest BCUT2D eigenvalue weighted by atomic mass is 16.5. The third kappa shape index (κ3) is 4.23. The average molecular weight is 335 g/mol. The Bertz CT molecular complexity index is 557. The molecule has 1 saturated carbocycles. The molecule has 1 saturated heterocycles. The first-order valence-corrected chi connectivity index (χ1v) is 8.42. The number of morpholine rings is 1. The Balaban J connectivity index is 1.66. The van der Waals surface area contributed by atoms with Crippen molar-refractivity contribution in [1.82, 2.24) is 15.2 Å². The van der Waals surface area contributed by atoms with E-state index in [0.29, 0.717) is 38.3 Å². The second kappa shape index (κ2) is 7.92. The second-order valence-corrected chi connectivity index (χ2v) is 6.48. The van der Waals surface area contributed by atoms with Crippen LogP contribution < -0.4 is 10.1 Å². The van der Waals surface area contributed by atoms with Crippen molar-refractivity contribution in [2.45, 2.75) is 25.0 Å². The van der Waals surface area contributed by atoms with E-state index in [-0.39, 0.29) is 24.0 Å². The number of aliphatic hydroxyl groups is 1. The molecule has 1 aliphatic heterocycles. The maximum Gasteiger partial charge on any atom is 0.234 e. The molecule has 2 heterocycles. The monoisotopic (exact) mass is 335 g/mol. The molecule has 1 aromatic rings. The maximum absolute atomic E-state index is 12.5. The number of nitrogens with zero attached hydrogens (tertiary/aromatic N) is 2. The molecule has 2 N–H and O–H groups in total. The van der Waals surface area contributed by atoms with Crippen LogP contribution in [0.15, 0.2) is 18.5 Å². The van der Waals surface area contributed by atoms with E-state index in [2.05, 4.69) is 15.2 Å². The van der Waals surface area contributed by atoms with Gasteiger partial charge in [0.2, 0.25) is 5.91 Å². The number of methoxy groups -OCH3 is 1. The van der Waals surface area contributed by atoms with Crippen molar-refractivity contribution in [1.29, 1.82) is 0 Å². The molecule has 0 aromatic carbocycles. The van der Waals surface area contributed by atoms with Gasteiger partial charge < -0.3 is 19.9 Å². The number of pyridine rings is 1. The van der Waals surface area contributed by atoms with Gasteiger partial charge in [0.15, 0.2) is 0 Å². The highest BCUT2D eigenvalue weighted by molar-refractivity contribution is 5.78. The van der Waals surface area contributed by atoms with Crippen LogP contribution in [0.25, 0.3) is 0 Å². The van der Waals surface area contributed by atoms with Gasteiger partial charge in [0.1, 0.15) is 5.75 Å². The van der Waals surface area contributed by atoms with Crippen molar-refractivity contribution >= 4 is 5.91 Å². The lowest BCUT2D eigenvalue weighted by atomic mass is 9.75. The van der Waals surface area contributed by atoms with Crippen molar-refractivity contribution < 1.29 is 19.4 Å². The molecule has 1 atom stereocenters. The number of carbonyl (C=O) groups is 1. The lowest BCUT2D eigenvalue weighted by Crippen LogP contribution is -2.47. The van der Waals surface area contributed by atoms with Gasteiger partial charge in [0, 0.05) is 19.3 Å². The number of nitrogens with one attached hydrogen (secondary N) is 1. The van der Waals surface area contributed by atoms with Gasteiger partial charge in [-0.15, -0.1) is 0 Å². The maximum atomic E-state index is 12.5. The van der Waals surface area contributed by atoms with Gasteiger partial charge in [-0.1, -0.05) is 0 Å². The molecule has 1 aromatic heterocycles. The third-order valence-corrected chi connectivity index (χ3v) is 4.74. The third-order valence-electron chi connectivity index (χ3n) is 4.74. The largest absolute Gasteiger partial charge is 0.495 e. The molecule has 3 rings (SSSR count). The van der Waals surface area contributed by atoms with E-state index in [9.17, 15) is 9.90 Å². The zero-order valence-electron chi connectivity index (χ0n) is 14.0. The Labute approximate surface area is 142 Å². The highest BCUT2D eigenvalue weighted by Gasteiger charge is 2.36.